The van der Waals surface area contributed by atoms with Gasteiger partial charge in [-0.25, -0.2) is 13.4 Å². The molecule has 2 heterocycles. The van der Waals surface area contributed by atoms with Gasteiger partial charge in [-0.1, -0.05) is 18.2 Å². The Morgan fingerprint density at radius 1 is 1.16 bits per heavy atom. The Kier molecular flexibility index (Phi) is 5.79. The lowest BCUT2D eigenvalue weighted by Crippen LogP contribution is -2.39. The van der Waals surface area contributed by atoms with Gasteiger partial charge in [0.15, 0.2) is 0 Å². The number of piperidine rings is 1. The van der Waals surface area contributed by atoms with E-state index in [9.17, 15) is 13.2 Å². The highest BCUT2D eigenvalue weighted by atomic mass is 32.2. The van der Waals surface area contributed by atoms with Gasteiger partial charge in [0.1, 0.15) is 23.0 Å². The van der Waals surface area contributed by atoms with E-state index in [0.29, 0.717) is 30.2 Å². The summed E-state index contributed by atoms with van der Waals surface area (Å²) >= 11 is 0. The molecule has 0 bridgehead atoms. The van der Waals surface area contributed by atoms with Gasteiger partial charge in [0, 0.05) is 24.6 Å². The van der Waals surface area contributed by atoms with E-state index < -0.39 is 15.9 Å². The largest absolute Gasteiger partial charge is 0.497 e. The molecule has 9 heteroatoms. The third-order valence-electron chi connectivity index (χ3n) is 5.48. The van der Waals surface area contributed by atoms with Gasteiger partial charge in [0.25, 0.3) is 5.91 Å². The Morgan fingerprint density at radius 3 is 2.52 bits per heavy atom. The second-order valence-electron chi connectivity index (χ2n) is 7.45. The number of carbonyl (C=O) groups excluding carboxylic acids is 1. The summed E-state index contributed by atoms with van der Waals surface area (Å²) in [7, 11) is -2.02. The van der Waals surface area contributed by atoms with E-state index in [0.717, 1.165) is 12.0 Å². The highest BCUT2D eigenvalue weighted by molar-refractivity contribution is 7.89. The molecular weight excluding hydrogens is 416 g/mol. The molecule has 8 nitrogen and oxygen atoms in total. The first-order valence-corrected chi connectivity index (χ1v) is 11.4. The molecule has 1 amide bonds. The predicted molar refractivity (Wildman–Crippen MR) is 116 cm³/mol. The van der Waals surface area contributed by atoms with Gasteiger partial charge in [-0.05, 0) is 49.2 Å². The number of hydrogen-bond acceptors (Lipinski definition) is 5. The van der Waals surface area contributed by atoms with Crippen molar-refractivity contribution in [2.45, 2.75) is 23.7 Å². The van der Waals surface area contributed by atoms with Crippen LogP contribution in [0.4, 0.5) is 0 Å². The standard InChI is InChI=1S/C22H24N4O4S/c1-30-17-11-9-15(10-12-17)19-20(21(23)27)25-22(24-19)16-6-5-13-26(14-16)31(28,29)18-7-3-2-4-8-18/h2-4,7-12,16H,5-6,13-14H2,1H3,(H2,23,27)(H,24,25)/t16-/m0/s1. The maximum Gasteiger partial charge on any atom is 0.267 e. The van der Waals surface area contributed by atoms with E-state index in [-0.39, 0.29) is 23.1 Å². The number of carbonyl (C=O) groups is 1. The van der Waals surface area contributed by atoms with E-state index in [1.54, 1.807) is 61.7 Å². The summed E-state index contributed by atoms with van der Waals surface area (Å²) in [5.74, 6) is 0.466. The molecular formula is C22H24N4O4S. The summed E-state index contributed by atoms with van der Waals surface area (Å²) in [5.41, 5.74) is 6.97. The van der Waals surface area contributed by atoms with E-state index in [1.165, 1.54) is 4.31 Å². The van der Waals surface area contributed by atoms with Crippen molar-refractivity contribution in [3.8, 4) is 17.0 Å². The minimum Gasteiger partial charge on any atom is -0.497 e. The number of rotatable bonds is 6. The first-order valence-electron chi connectivity index (χ1n) is 9.99. The van der Waals surface area contributed by atoms with Crippen LogP contribution >= 0.6 is 0 Å². The van der Waals surface area contributed by atoms with Crippen LogP contribution in [0.1, 0.15) is 35.1 Å². The maximum atomic E-state index is 13.0. The van der Waals surface area contributed by atoms with Gasteiger partial charge in [-0.3, -0.25) is 4.79 Å². The number of primary amides is 1. The third-order valence-corrected chi connectivity index (χ3v) is 7.36. The van der Waals surface area contributed by atoms with Crippen molar-refractivity contribution in [1.82, 2.24) is 14.3 Å². The monoisotopic (exact) mass is 440 g/mol. The quantitative estimate of drug-likeness (QED) is 0.611. The molecule has 31 heavy (non-hydrogen) atoms. The first kappa shape index (κ1) is 21.1. The Hall–Kier alpha value is -3.17. The molecule has 162 valence electrons. The molecule has 1 aliphatic heterocycles. The van der Waals surface area contributed by atoms with Crippen LogP contribution in [-0.4, -0.2) is 48.8 Å². The van der Waals surface area contributed by atoms with Crippen molar-refractivity contribution in [2.24, 2.45) is 5.73 Å². The lowest BCUT2D eigenvalue weighted by Gasteiger charge is -2.31. The molecule has 2 aromatic carbocycles. The number of sulfonamides is 1. The molecule has 1 aliphatic rings. The van der Waals surface area contributed by atoms with Gasteiger partial charge >= 0.3 is 0 Å². The second kappa shape index (κ2) is 8.52. The van der Waals surface area contributed by atoms with E-state index in [2.05, 4.69) is 9.97 Å². The van der Waals surface area contributed by atoms with Gasteiger partial charge < -0.3 is 15.5 Å². The van der Waals surface area contributed by atoms with Crippen molar-refractivity contribution >= 4 is 15.9 Å². The smallest absolute Gasteiger partial charge is 0.267 e. The molecule has 3 N–H and O–H groups in total. The van der Waals surface area contributed by atoms with E-state index in [1.807, 2.05) is 0 Å². The fourth-order valence-electron chi connectivity index (χ4n) is 3.85. The molecule has 0 aliphatic carbocycles. The lowest BCUT2D eigenvalue weighted by atomic mass is 9.99. The number of amides is 1. The lowest BCUT2D eigenvalue weighted by molar-refractivity contribution is 0.0996. The number of nitrogens with two attached hydrogens (primary N) is 1. The highest BCUT2D eigenvalue weighted by Crippen LogP contribution is 2.32. The Labute approximate surface area is 181 Å². The minimum atomic E-state index is -3.60. The zero-order chi connectivity index (χ0) is 22.0. The zero-order valence-corrected chi connectivity index (χ0v) is 17.9. The molecule has 0 unspecified atom stereocenters. The molecule has 0 radical (unpaired) electrons. The molecule has 0 saturated carbocycles. The number of H-pyrrole nitrogens is 1. The van der Waals surface area contributed by atoms with Crippen molar-refractivity contribution in [1.29, 1.82) is 0 Å². The summed E-state index contributed by atoms with van der Waals surface area (Å²) in [6.07, 6.45) is 1.45. The van der Waals surface area contributed by atoms with Crippen molar-refractivity contribution < 1.29 is 17.9 Å². The van der Waals surface area contributed by atoms with Crippen LogP contribution in [-0.2, 0) is 10.0 Å². The number of methoxy groups -OCH3 is 1. The van der Waals surface area contributed by atoms with Crippen LogP contribution < -0.4 is 10.5 Å². The van der Waals surface area contributed by atoms with Gasteiger partial charge in [-0.15, -0.1) is 0 Å². The van der Waals surface area contributed by atoms with E-state index in [4.69, 9.17) is 10.5 Å². The molecule has 1 atom stereocenters. The molecule has 1 aromatic heterocycles. The molecule has 0 spiro atoms. The van der Waals surface area contributed by atoms with Crippen molar-refractivity contribution in [2.75, 3.05) is 20.2 Å². The number of ether oxygens (including phenoxy) is 1. The average molecular weight is 441 g/mol. The number of imidazole rings is 1. The zero-order valence-electron chi connectivity index (χ0n) is 17.1. The Bertz CT molecular complexity index is 1170. The van der Waals surface area contributed by atoms with Crippen LogP contribution in [0.5, 0.6) is 5.75 Å². The number of nitrogens with zero attached hydrogens (tertiary/aromatic N) is 2. The van der Waals surface area contributed by atoms with Gasteiger partial charge in [0.2, 0.25) is 10.0 Å². The van der Waals surface area contributed by atoms with Crippen LogP contribution in [0, 0.1) is 0 Å². The summed E-state index contributed by atoms with van der Waals surface area (Å²) < 4.78 is 32.7. The SMILES string of the molecule is COc1ccc(-c2nc([C@H]3CCCN(S(=O)(=O)c4ccccc4)C3)[nH]c2C(N)=O)cc1. The van der Waals surface area contributed by atoms with E-state index >= 15 is 0 Å². The Balaban J connectivity index is 1.64. The van der Waals surface area contributed by atoms with Crippen molar-refractivity contribution in [3.05, 3.63) is 66.1 Å². The number of hydrogen-bond donors (Lipinski definition) is 2. The maximum absolute atomic E-state index is 13.0. The van der Waals surface area contributed by atoms with Gasteiger partial charge in [0.05, 0.1) is 12.0 Å². The summed E-state index contributed by atoms with van der Waals surface area (Å²) in [4.78, 5) is 20.0. The highest BCUT2D eigenvalue weighted by Gasteiger charge is 2.33. The summed E-state index contributed by atoms with van der Waals surface area (Å²) in [5, 5.41) is 0. The van der Waals surface area contributed by atoms with Crippen LogP contribution in [0.3, 0.4) is 0 Å². The third kappa shape index (κ3) is 4.19. The first-order chi connectivity index (χ1) is 14.9. The fraction of sp³-hybridized carbons (Fsp3) is 0.273. The number of nitrogens with one attached hydrogen (secondary N) is 1. The van der Waals surface area contributed by atoms with Crippen LogP contribution in [0.25, 0.3) is 11.3 Å². The average Bonchev–Trinajstić information content (AvgIpc) is 3.26. The minimum absolute atomic E-state index is 0.169. The summed E-state index contributed by atoms with van der Waals surface area (Å²) in [6, 6.07) is 15.6. The number of aromatic amines is 1. The van der Waals surface area contributed by atoms with Crippen LogP contribution in [0.15, 0.2) is 59.5 Å². The predicted octanol–water partition coefficient (Wildman–Crippen LogP) is 2.75. The molecule has 1 fully saturated rings. The topological polar surface area (TPSA) is 118 Å². The molecule has 3 aromatic rings. The molecule has 1 saturated heterocycles. The number of benzene rings is 2. The second-order valence-corrected chi connectivity index (χ2v) is 9.39. The normalized spacial score (nSPS) is 17.4. The number of aromatic nitrogens is 2. The molecule has 4 rings (SSSR count). The summed E-state index contributed by atoms with van der Waals surface area (Å²) in [6.45, 7) is 0.730. The fourth-order valence-corrected chi connectivity index (χ4v) is 5.39. The van der Waals surface area contributed by atoms with Crippen LogP contribution in [0.2, 0.25) is 0 Å². The van der Waals surface area contributed by atoms with Crippen molar-refractivity contribution in [3.63, 3.8) is 0 Å². The Morgan fingerprint density at radius 2 is 1.87 bits per heavy atom. The van der Waals surface area contributed by atoms with Gasteiger partial charge in [-0.2, -0.15) is 4.31 Å².